The van der Waals surface area contributed by atoms with Gasteiger partial charge in [0, 0.05) is 35.5 Å². The summed E-state index contributed by atoms with van der Waals surface area (Å²) in [7, 11) is 1.62. The Morgan fingerprint density at radius 2 is 1.89 bits per heavy atom. The third kappa shape index (κ3) is 5.48. The van der Waals surface area contributed by atoms with Crippen LogP contribution in [0.15, 0.2) is 48.5 Å². The molecule has 182 valence electrons. The van der Waals surface area contributed by atoms with E-state index in [0.717, 1.165) is 53.4 Å². The average Bonchev–Trinajstić information content (AvgIpc) is 3.81. The largest absolute Gasteiger partial charge is 0.497 e. The zero-order chi connectivity index (χ0) is 24.4. The average molecular weight is 473 g/mol. The van der Waals surface area contributed by atoms with Gasteiger partial charge in [-0.2, -0.15) is 10.2 Å². The van der Waals surface area contributed by atoms with Crippen LogP contribution in [0.5, 0.6) is 5.75 Å². The van der Waals surface area contributed by atoms with Gasteiger partial charge in [0.05, 0.1) is 18.3 Å². The fraction of sp³-hybridized carbons (Fsp3) is 0.370. The van der Waals surface area contributed by atoms with Gasteiger partial charge >= 0.3 is 0 Å². The number of rotatable bonds is 7. The number of hydrogen-bond donors (Lipinski definition) is 3. The molecule has 0 spiro atoms. The first-order valence-corrected chi connectivity index (χ1v) is 12.3. The highest BCUT2D eigenvalue weighted by Crippen LogP contribution is 2.40. The van der Waals surface area contributed by atoms with Crippen LogP contribution in [0.25, 0.3) is 10.9 Å². The molecule has 0 atom stereocenters. The van der Waals surface area contributed by atoms with E-state index in [2.05, 4.69) is 64.0 Å². The lowest BCUT2D eigenvalue weighted by atomic mass is 10.2. The second-order valence-corrected chi connectivity index (χ2v) is 9.28. The first kappa shape index (κ1) is 23.0. The Hall–Kier alpha value is -3.81. The number of carbonyl (C=O) groups is 1. The van der Waals surface area contributed by atoms with Gasteiger partial charge in [0.15, 0.2) is 5.82 Å². The molecule has 0 radical (unpaired) electrons. The lowest BCUT2D eigenvalue weighted by Crippen LogP contribution is -2.12. The van der Waals surface area contributed by atoms with E-state index in [0.29, 0.717) is 5.92 Å². The molecule has 0 saturated heterocycles. The number of anilines is 3. The van der Waals surface area contributed by atoms with E-state index in [1.165, 1.54) is 24.1 Å². The number of carbonyl (C=O) groups excluding carboxylic acids is 1. The third-order valence-corrected chi connectivity index (χ3v) is 6.36. The number of nitrogens with zero attached hydrogens (tertiary/aromatic N) is 3. The highest BCUT2D eigenvalue weighted by molar-refractivity contribution is 5.94. The molecule has 4 aromatic rings. The number of amides is 1. The number of methoxy groups -OCH3 is 1. The molecule has 2 saturated carbocycles. The molecule has 8 nitrogen and oxygen atoms in total. The Kier molecular flexibility index (Phi) is 6.44. The summed E-state index contributed by atoms with van der Waals surface area (Å²) in [5.41, 5.74) is 4.33. The minimum atomic E-state index is 0.134. The van der Waals surface area contributed by atoms with Gasteiger partial charge < -0.3 is 15.4 Å². The molecular formula is C27H32N6O2. The predicted octanol–water partition coefficient (Wildman–Crippen LogP) is 5.75. The van der Waals surface area contributed by atoms with Crippen LogP contribution in [-0.2, 0) is 11.3 Å². The Morgan fingerprint density at radius 1 is 1.11 bits per heavy atom. The summed E-state index contributed by atoms with van der Waals surface area (Å²) in [6, 6.07) is 15.8. The van der Waals surface area contributed by atoms with Crippen LogP contribution in [-0.4, -0.2) is 33.0 Å². The first-order valence-electron chi connectivity index (χ1n) is 12.3. The van der Waals surface area contributed by atoms with E-state index in [1.807, 2.05) is 28.9 Å². The number of benzene rings is 2. The van der Waals surface area contributed by atoms with Crippen molar-refractivity contribution < 1.29 is 9.53 Å². The summed E-state index contributed by atoms with van der Waals surface area (Å²) < 4.78 is 7.04. The number of hydrogen-bond acceptors (Lipinski definition) is 5. The molecule has 0 aliphatic heterocycles. The summed E-state index contributed by atoms with van der Waals surface area (Å²) in [4.78, 5) is 11.4. The van der Waals surface area contributed by atoms with Gasteiger partial charge in [-0.15, -0.1) is 0 Å². The molecule has 1 amide bonds. The maximum atomic E-state index is 11.4. The highest BCUT2D eigenvalue weighted by atomic mass is 16.5. The molecule has 2 fully saturated rings. The summed E-state index contributed by atoms with van der Waals surface area (Å²) >= 11 is 0. The number of nitrogens with one attached hydrogen (secondary N) is 3. The standard InChI is InChI=1S/C16H19N5.C11H13NO2/c1-3-21-15(9-13(20-21)11-5-6-11)17-16-12-7-4-10(2)8-14(12)18-19-16;1-14-10-6-4-9(5-7-10)12-11(13)8-2-3-8/h4,7-9,11H,3,5-6H2,1-2H3,(H2,17,18,19);4-8H,2-3H2,1H3,(H,12,13). The number of H-pyrrole nitrogens is 1. The van der Waals surface area contributed by atoms with Gasteiger partial charge in [-0.25, -0.2) is 4.68 Å². The lowest BCUT2D eigenvalue weighted by Gasteiger charge is -2.05. The molecule has 0 bridgehead atoms. The molecular weight excluding hydrogens is 440 g/mol. The predicted molar refractivity (Wildman–Crippen MR) is 138 cm³/mol. The fourth-order valence-corrected chi connectivity index (χ4v) is 3.97. The van der Waals surface area contributed by atoms with Crippen molar-refractivity contribution in [2.75, 3.05) is 17.7 Å². The summed E-state index contributed by atoms with van der Waals surface area (Å²) in [5, 5.41) is 19.6. The Bertz CT molecular complexity index is 1320. The van der Waals surface area contributed by atoms with Crippen molar-refractivity contribution in [1.82, 2.24) is 20.0 Å². The second kappa shape index (κ2) is 9.82. The van der Waals surface area contributed by atoms with E-state index in [9.17, 15) is 4.79 Å². The molecule has 0 unspecified atom stereocenters. The van der Waals surface area contributed by atoms with Crippen molar-refractivity contribution in [3.63, 3.8) is 0 Å². The van der Waals surface area contributed by atoms with Gasteiger partial charge in [0.25, 0.3) is 0 Å². The maximum Gasteiger partial charge on any atom is 0.227 e. The van der Waals surface area contributed by atoms with Gasteiger partial charge in [-0.3, -0.25) is 9.89 Å². The van der Waals surface area contributed by atoms with Gasteiger partial charge in [-0.1, -0.05) is 6.07 Å². The molecule has 2 aliphatic carbocycles. The van der Waals surface area contributed by atoms with Gasteiger partial charge in [-0.05, 0) is 81.5 Å². The van der Waals surface area contributed by atoms with E-state index in [4.69, 9.17) is 4.74 Å². The number of fused-ring (bicyclic) bond motifs is 1. The van der Waals surface area contributed by atoms with Crippen molar-refractivity contribution in [3.8, 4) is 5.75 Å². The number of aryl methyl sites for hydroxylation is 2. The minimum absolute atomic E-state index is 0.134. The van der Waals surface area contributed by atoms with Crippen LogP contribution in [0, 0.1) is 12.8 Å². The molecule has 2 aromatic carbocycles. The Morgan fingerprint density at radius 3 is 2.54 bits per heavy atom. The van der Waals surface area contributed by atoms with E-state index in [1.54, 1.807) is 7.11 Å². The van der Waals surface area contributed by atoms with Crippen molar-refractivity contribution in [2.45, 2.75) is 52.0 Å². The van der Waals surface area contributed by atoms with Crippen LogP contribution >= 0.6 is 0 Å². The normalized spacial score (nSPS) is 14.8. The summed E-state index contributed by atoms with van der Waals surface area (Å²) in [6.45, 7) is 5.05. The first-order chi connectivity index (χ1) is 17.0. The molecule has 3 N–H and O–H groups in total. The molecule has 35 heavy (non-hydrogen) atoms. The van der Waals surface area contributed by atoms with Crippen molar-refractivity contribution in [2.24, 2.45) is 5.92 Å². The van der Waals surface area contributed by atoms with Crippen LogP contribution < -0.4 is 15.4 Å². The Balaban J connectivity index is 0.000000158. The molecule has 8 heteroatoms. The van der Waals surface area contributed by atoms with Crippen molar-refractivity contribution >= 4 is 34.1 Å². The maximum absolute atomic E-state index is 11.4. The van der Waals surface area contributed by atoms with E-state index >= 15 is 0 Å². The zero-order valence-electron chi connectivity index (χ0n) is 20.5. The summed E-state index contributed by atoms with van der Waals surface area (Å²) in [5.74, 6) is 3.73. The molecule has 2 heterocycles. The van der Waals surface area contributed by atoms with Crippen LogP contribution in [0.4, 0.5) is 17.3 Å². The quantitative estimate of drug-likeness (QED) is 0.318. The molecule has 2 aromatic heterocycles. The number of aromatic nitrogens is 4. The topological polar surface area (TPSA) is 96.9 Å². The van der Waals surface area contributed by atoms with Crippen molar-refractivity contribution in [3.05, 3.63) is 59.8 Å². The zero-order valence-corrected chi connectivity index (χ0v) is 20.5. The second-order valence-electron chi connectivity index (χ2n) is 9.28. The lowest BCUT2D eigenvalue weighted by molar-refractivity contribution is -0.117. The SMILES string of the molecule is CCn1nc(C2CC2)cc1Nc1n[nH]c2cc(C)ccc12.COc1ccc(NC(=O)C2CC2)cc1. The van der Waals surface area contributed by atoms with Gasteiger partial charge in [0.1, 0.15) is 11.6 Å². The van der Waals surface area contributed by atoms with Crippen molar-refractivity contribution in [1.29, 1.82) is 0 Å². The van der Waals surface area contributed by atoms with E-state index in [-0.39, 0.29) is 11.8 Å². The monoisotopic (exact) mass is 472 g/mol. The van der Waals surface area contributed by atoms with E-state index < -0.39 is 0 Å². The third-order valence-electron chi connectivity index (χ3n) is 6.36. The smallest absolute Gasteiger partial charge is 0.227 e. The summed E-state index contributed by atoms with van der Waals surface area (Å²) in [6.07, 6.45) is 4.60. The highest BCUT2D eigenvalue weighted by Gasteiger charge is 2.29. The molecule has 2 aliphatic rings. The van der Waals surface area contributed by atoms with Crippen LogP contribution in [0.1, 0.15) is 49.8 Å². The molecule has 6 rings (SSSR count). The Labute approximate surface area is 205 Å². The van der Waals surface area contributed by atoms with Crippen LogP contribution in [0.2, 0.25) is 0 Å². The number of aromatic amines is 1. The fourth-order valence-electron chi connectivity index (χ4n) is 3.97. The van der Waals surface area contributed by atoms with Crippen LogP contribution in [0.3, 0.4) is 0 Å². The van der Waals surface area contributed by atoms with Gasteiger partial charge in [0.2, 0.25) is 5.91 Å². The minimum Gasteiger partial charge on any atom is -0.497 e. The number of ether oxygens (including phenoxy) is 1.